The van der Waals surface area contributed by atoms with Crippen molar-refractivity contribution in [2.45, 2.75) is 42.4 Å². The summed E-state index contributed by atoms with van der Waals surface area (Å²) in [6.07, 6.45) is 7.19. The van der Waals surface area contributed by atoms with E-state index < -0.39 is 5.60 Å². The number of phenolic OH excluding ortho intramolecular Hbond substituents is 1. The largest absolute Gasteiger partial charge is 0.504 e. The molecule has 0 aromatic heterocycles. The molecule has 4 aliphatic carbocycles. The number of likely N-dealkylation sites (tertiary alicyclic amines) is 1. The number of ether oxygens (including phenoxy) is 2. The number of nitrogens with zero attached hydrogens (tertiary/aromatic N) is 1. The van der Waals surface area contributed by atoms with E-state index in [2.05, 4.69) is 30.2 Å². The lowest BCUT2D eigenvalue weighted by molar-refractivity contribution is -0.219. The van der Waals surface area contributed by atoms with Crippen molar-refractivity contribution in [1.82, 2.24) is 4.90 Å². The summed E-state index contributed by atoms with van der Waals surface area (Å²) in [5.41, 5.74) is 1.62. The molecule has 2 spiro atoms. The average Bonchev–Trinajstić information content (AvgIpc) is 3.03. The van der Waals surface area contributed by atoms with E-state index in [4.69, 9.17) is 9.47 Å². The number of hydrogen-bond donors (Lipinski definition) is 2. The molecule has 1 aromatic carbocycles. The lowest BCUT2D eigenvalue weighted by atomic mass is 9.37. The molecule has 1 aromatic rings. The van der Waals surface area contributed by atoms with E-state index in [0.717, 1.165) is 25.8 Å². The molecule has 1 saturated heterocycles. The van der Waals surface area contributed by atoms with Crippen LogP contribution in [-0.4, -0.2) is 60.2 Å². The third-order valence-electron chi connectivity index (χ3n) is 8.43. The van der Waals surface area contributed by atoms with E-state index in [1.54, 1.807) is 13.2 Å². The SMILES string of the molecule is COC12C=CC3(CC1CO)C1Cc4ccc(O)c5c4C3(CCN1C)C2O5. The zero-order valence-corrected chi connectivity index (χ0v) is 15.2. The molecule has 0 radical (unpaired) electrons. The highest BCUT2D eigenvalue weighted by molar-refractivity contribution is 5.65. The van der Waals surface area contributed by atoms with Gasteiger partial charge in [0.15, 0.2) is 11.5 Å². The molecule has 6 atom stereocenters. The standard InChI is InChI=1S/C21H25NO4/c1-22-8-7-20-16-12-3-4-14(24)17(16)26-18(20)21(25-2)6-5-19(20,15(22)9-12)10-13(21)11-23/h3-6,13,15,18,23-24H,7-11H2,1-2H3. The monoisotopic (exact) mass is 355 g/mol. The third kappa shape index (κ3) is 1.29. The van der Waals surface area contributed by atoms with Crippen LogP contribution in [-0.2, 0) is 16.6 Å². The zero-order valence-electron chi connectivity index (χ0n) is 15.2. The van der Waals surface area contributed by atoms with Gasteiger partial charge < -0.3 is 24.6 Å². The Hall–Kier alpha value is -1.56. The first-order chi connectivity index (χ1) is 12.5. The average molecular weight is 355 g/mol. The Morgan fingerprint density at radius 1 is 1.35 bits per heavy atom. The van der Waals surface area contributed by atoms with Gasteiger partial charge in [0, 0.05) is 36.7 Å². The van der Waals surface area contributed by atoms with E-state index in [9.17, 15) is 10.2 Å². The number of phenols is 1. The highest BCUT2D eigenvalue weighted by Gasteiger charge is 2.78. The second-order valence-electron chi connectivity index (χ2n) is 8.88. The molecule has 2 heterocycles. The zero-order chi connectivity index (χ0) is 17.9. The lowest BCUT2D eigenvalue weighted by Crippen LogP contribution is -2.79. The summed E-state index contributed by atoms with van der Waals surface area (Å²) in [6, 6.07) is 4.23. The van der Waals surface area contributed by atoms with E-state index >= 15 is 0 Å². The Balaban J connectivity index is 1.73. The van der Waals surface area contributed by atoms with Crippen LogP contribution in [0.2, 0.25) is 0 Å². The van der Waals surface area contributed by atoms with Gasteiger partial charge in [-0.2, -0.15) is 0 Å². The minimum Gasteiger partial charge on any atom is -0.504 e. The first kappa shape index (κ1) is 15.5. The molecule has 6 aliphatic rings. The quantitative estimate of drug-likeness (QED) is 0.789. The molecular weight excluding hydrogens is 330 g/mol. The molecule has 5 nitrogen and oxygen atoms in total. The van der Waals surface area contributed by atoms with Gasteiger partial charge in [0.2, 0.25) is 0 Å². The van der Waals surface area contributed by atoms with Crippen molar-refractivity contribution in [3.05, 3.63) is 35.4 Å². The number of fused-ring (bicyclic) bond motifs is 1. The molecular formula is C21H25NO4. The maximum Gasteiger partial charge on any atom is 0.165 e. The number of benzene rings is 1. The minimum atomic E-state index is -0.642. The van der Waals surface area contributed by atoms with Crippen molar-refractivity contribution in [1.29, 1.82) is 0 Å². The fraction of sp³-hybridized carbons (Fsp3) is 0.619. The summed E-state index contributed by atoms with van der Waals surface area (Å²) in [6.45, 7) is 1.10. The van der Waals surface area contributed by atoms with Crippen LogP contribution in [0.3, 0.4) is 0 Å². The van der Waals surface area contributed by atoms with E-state index in [1.807, 2.05) is 0 Å². The van der Waals surface area contributed by atoms with Crippen LogP contribution in [0, 0.1) is 11.3 Å². The molecule has 138 valence electrons. The normalized spacial score (nSPS) is 47.0. The second-order valence-corrected chi connectivity index (χ2v) is 8.88. The fourth-order valence-electron chi connectivity index (χ4n) is 7.41. The smallest absolute Gasteiger partial charge is 0.165 e. The van der Waals surface area contributed by atoms with Crippen molar-refractivity contribution in [3.63, 3.8) is 0 Å². The fourth-order valence-corrected chi connectivity index (χ4v) is 7.41. The Bertz CT molecular complexity index is 853. The summed E-state index contributed by atoms with van der Waals surface area (Å²) < 4.78 is 12.7. The van der Waals surface area contributed by atoms with Crippen molar-refractivity contribution < 1.29 is 19.7 Å². The van der Waals surface area contributed by atoms with Gasteiger partial charge in [-0.25, -0.2) is 0 Å². The Kier molecular flexibility index (Phi) is 2.66. The van der Waals surface area contributed by atoms with Crippen molar-refractivity contribution in [3.8, 4) is 11.5 Å². The topological polar surface area (TPSA) is 62.2 Å². The molecule has 5 heteroatoms. The molecule has 2 aliphatic heterocycles. The van der Waals surface area contributed by atoms with E-state index in [1.165, 1.54) is 11.1 Å². The molecule has 1 saturated carbocycles. The highest BCUT2D eigenvalue weighted by atomic mass is 16.6. The van der Waals surface area contributed by atoms with Crippen LogP contribution in [0.5, 0.6) is 11.5 Å². The second kappa shape index (κ2) is 4.46. The van der Waals surface area contributed by atoms with Crippen LogP contribution in [0.25, 0.3) is 0 Å². The Morgan fingerprint density at radius 2 is 2.19 bits per heavy atom. The number of rotatable bonds is 2. The third-order valence-corrected chi connectivity index (χ3v) is 8.43. The number of aliphatic hydroxyl groups is 1. The van der Waals surface area contributed by atoms with Gasteiger partial charge in [-0.05, 0) is 44.5 Å². The summed E-state index contributed by atoms with van der Waals surface area (Å²) in [7, 11) is 3.95. The molecule has 6 unspecified atom stereocenters. The van der Waals surface area contributed by atoms with Gasteiger partial charge in [0.25, 0.3) is 0 Å². The minimum absolute atomic E-state index is 0.00244. The number of piperidine rings is 1. The van der Waals surface area contributed by atoms with E-state index in [0.29, 0.717) is 11.8 Å². The predicted molar refractivity (Wildman–Crippen MR) is 95.4 cm³/mol. The molecule has 2 N–H and O–H groups in total. The number of methoxy groups -OCH3 is 1. The van der Waals surface area contributed by atoms with Gasteiger partial charge in [0.1, 0.15) is 11.7 Å². The summed E-state index contributed by atoms with van der Waals surface area (Å²) in [4.78, 5) is 2.49. The van der Waals surface area contributed by atoms with Crippen LogP contribution in [0.4, 0.5) is 0 Å². The van der Waals surface area contributed by atoms with Crippen LogP contribution < -0.4 is 4.74 Å². The Morgan fingerprint density at radius 3 is 2.96 bits per heavy atom. The molecule has 26 heavy (non-hydrogen) atoms. The van der Waals surface area contributed by atoms with Gasteiger partial charge in [-0.3, -0.25) is 0 Å². The van der Waals surface area contributed by atoms with Gasteiger partial charge in [0.05, 0.1) is 5.41 Å². The number of aliphatic hydroxyl groups excluding tert-OH is 1. The van der Waals surface area contributed by atoms with Crippen molar-refractivity contribution in [2.24, 2.45) is 11.3 Å². The van der Waals surface area contributed by atoms with Gasteiger partial charge in [-0.15, -0.1) is 0 Å². The van der Waals surface area contributed by atoms with Crippen LogP contribution in [0.1, 0.15) is 24.0 Å². The highest BCUT2D eigenvalue weighted by Crippen LogP contribution is 2.74. The first-order valence-corrected chi connectivity index (χ1v) is 9.63. The predicted octanol–water partition coefficient (Wildman–Crippen LogP) is 1.60. The molecule has 4 bridgehead atoms. The molecule has 0 amide bonds. The number of likely N-dealkylation sites (N-methyl/N-ethyl adjacent to an activating group) is 1. The summed E-state index contributed by atoms with van der Waals surface area (Å²) in [5, 5.41) is 20.8. The van der Waals surface area contributed by atoms with E-state index in [-0.39, 0.29) is 35.2 Å². The Labute approximate surface area is 153 Å². The van der Waals surface area contributed by atoms with Crippen molar-refractivity contribution in [2.75, 3.05) is 27.3 Å². The lowest BCUT2D eigenvalue weighted by Gasteiger charge is -2.71. The summed E-state index contributed by atoms with van der Waals surface area (Å²) in [5.74, 6) is 0.887. The first-order valence-electron chi connectivity index (χ1n) is 9.63. The van der Waals surface area contributed by atoms with Crippen LogP contribution >= 0.6 is 0 Å². The van der Waals surface area contributed by atoms with Crippen molar-refractivity contribution >= 4 is 0 Å². The molecule has 2 fully saturated rings. The van der Waals surface area contributed by atoms with Gasteiger partial charge in [-0.1, -0.05) is 18.2 Å². The maximum atomic E-state index is 10.6. The van der Waals surface area contributed by atoms with Crippen LogP contribution in [0.15, 0.2) is 24.3 Å². The number of hydrogen-bond acceptors (Lipinski definition) is 5. The molecule has 7 rings (SSSR count). The van der Waals surface area contributed by atoms with Gasteiger partial charge >= 0.3 is 0 Å². The number of aromatic hydroxyl groups is 1. The summed E-state index contributed by atoms with van der Waals surface area (Å²) >= 11 is 0. The maximum absolute atomic E-state index is 10.6.